The molecule has 0 atom stereocenters. The summed E-state index contributed by atoms with van der Waals surface area (Å²) in [5.41, 5.74) is 2.62. The van der Waals surface area contributed by atoms with E-state index < -0.39 is 0 Å². The minimum atomic E-state index is 0.0838. The van der Waals surface area contributed by atoms with Gasteiger partial charge in [-0.25, -0.2) is 0 Å². The average Bonchev–Trinajstić information content (AvgIpc) is 2.48. The molecule has 4 nitrogen and oxygen atoms in total. The average molecular weight is 308 g/mol. The third-order valence-electron chi connectivity index (χ3n) is 3.16. The van der Waals surface area contributed by atoms with Crippen LogP contribution in [0.5, 0.6) is 17.2 Å². The molecule has 2 aromatic carbocycles. The van der Waals surface area contributed by atoms with E-state index in [0.717, 1.165) is 17.0 Å². The summed E-state index contributed by atoms with van der Waals surface area (Å²) in [5.74, 6) is 1.19. The highest BCUT2D eigenvalue weighted by Gasteiger charge is 2.11. The number of anilines is 1. The van der Waals surface area contributed by atoms with Crippen molar-refractivity contribution in [1.82, 2.24) is 0 Å². The van der Waals surface area contributed by atoms with Crippen molar-refractivity contribution in [1.29, 1.82) is 0 Å². The number of ether oxygens (including phenoxy) is 2. The second-order valence-electron chi connectivity index (χ2n) is 4.67. The number of benzene rings is 2. The summed E-state index contributed by atoms with van der Waals surface area (Å²) in [5, 5.41) is 13.8. The van der Waals surface area contributed by atoms with E-state index in [0.29, 0.717) is 22.9 Å². The Labute approximate surface area is 129 Å². The molecule has 21 heavy (non-hydrogen) atoms. The number of nitrogens with one attached hydrogen (secondary N) is 1. The molecule has 0 aliphatic carbocycles. The highest BCUT2D eigenvalue weighted by atomic mass is 35.5. The van der Waals surface area contributed by atoms with Crippen LogP contribution >= 0.6 is 11.6 Å². The highest BCUT2D eigenvalue weighted by Crippen LogP contribution is 2.34. The van der Waals surface area contributed by atoms with Crippen LogP contribution in [0.3, 0.4) is 0 Å². The molecule has 2 N–H and O–H groups in total. The molecule has 0 radical (unpaired) electrons. The van der Waals surface area contributed by atoms with Crippen LogP contribution in [-0.2, 0) is 6.54 Å². The first-order valence-corrected chi connectivity index (χ1v) is 6.87. The number of hydrogen-bond acceptors (Lipinski definition) is 4. The lowest BCUT2D eigenvalue weighted by atomic mass is 10.1. The number of methoxy groups -OCH3 is 2. The van der Waals surface area contributed by atoms with Gasteiger partial charge in [-0.1, -0.05) is 17.7 Å². The first-order chi connectivity index (χ1) is 10.0. The number of rotatable bonds is 5. The maximum Gasteiger partial charge on any atom is 0.162 e. The zero-order chi connectivity index (χ0) is 15.4. The molecule has 0 saturated carbocycles. The molecule has 5 heteroatoms. The molecule has 0 heterocycles. The van der Waals surface area contributed by atoms with E-state index in [-0.39, 0.29) is 5.75 Å². The van der Waals surface area contributed by atoms with Gasteiger partial charge in [0.2, 0.25) is 0 Å². The third-order valence-corrected chi connectivity index (χ3v) is 3.38. The number of aryl methyl sites for hydroxylation is 1. The van der Waals surface area contributed by atoms with Crippen molar-refractivity contribution in [3.8, 4) is 17.2 Å². The van der Waals surface area contributed by atoms with Crippen LogP contribution < -0.4 is 14.8 Å². The summed E-state index contributed by atoms with van der Waals surface area (Å²) in [7, 11) is 3.12. The molecule has 0 bridgehead atoms. The van der Waals surface area contributed by atoms with E-state index in [1.165, 1.54) is 7.11 Å². The molecule has 0 saturated heterocycles. The molecule has 0 aromatic heterocycles. The van der Waals surface area contributed by atoms with Crippen LogP contribution in [0.25, 0.3) is 0 Å². The molecule has 2 rings (SSSR count). The van der Waals surface area contributed by atoms with Crippen molar-refractivity contribution >= 4 is 17.3 Å². The van der Waals surface area contributed by atoms with E-state index in [1.54, 1.807) is 19.2 Å². The van der Waals surface area contributed by atoms with Crippen molar-refractivity contribution in [2.75, 3.05) is 19.5 Å². The number of hydrogen-bond donors (Lipinski definition) is 2. The lowest BCUT2D eigenvalue weighted by Crippen LogP contribution is -2.02. The maximum atomic E-state index is 10.1. The lowest BCUT2D eigenvalue weighted by Gasteiger charge is -2.14. The van der Waals surface area contributed by atoms with E-state index in [1.807, 2.05) is 25.1 Å². The van der Waals surface area contributed by atoms with E-state index in [2.05, 4.69) is 5.32 Å². The highest BCUT2D eigenvalue weighted by molar-refractivity contribution is 6.30. The van der Waals surface area contributed by atoms with Gasteiger partial charge in [-0.15, -0.1) is 0 Å². The third kappa shape index (κ3) is 3.52. The quantitative estimate of drug-likeness (QED) is 0.877. The van der Waals surface area contributed by atoms with Gasteiger partial charge >= 0.3 is 0 Å². The standard InChI is InChI=1S/C16H18ClNO3/c1-10-4-5-13(14(6-10)20-2)18-9-11-7-12(17)8-15(21-3)16(11)19/h4-8,18-19H,9H2,1-3H3. The second-order valence-corrected chi connectivity index (χ2v) is 5.11. The first-order valence-electron chi connectivity index (χ1n) is 6.49. The molecular formula is C16H18ClNO3. The van der Waals surface area contributed by atoms with Crippen molar-refractivity contribution in [2.24, 2.45) is 0 Å². The smallest absolute Gasteiger partial charge is 0.162 e. The van der Waals surface area contributed by atoms with Gasteiger partial charge in [-0.05, 0) is 30.7 Å². The van der Waals surface area contributed by atoms with E-state index in [4.69, 9.17) is 21.1 Å². The summed E-state index contributed by atoms with van der Waals surface area (Å²) < 4.78 is 10.4. The van der Waals surface area contributed by atoms with Crippen molar-refractivity contribution in [2.45, 2.75) is 13.5 Å². The summed E-state index contributed by atoms with van der Waals surface area (Å²) >= 11 is 6.02. The monoisotopic (exact) mass is 307 g/mol. The fourth-order valence-corrected chi connectivity index (χ4v) is 2.28. The van der Waals surface area contributed by atoms with Crippen molar-refractivity contribution in [3.05, 3.63) is 46.5 Å². The van der Waals surface area contributed by atoms with Gasteiger partial charge in [0.15, 0.2) is 11.5 Å². The van der Waals surface area contributed by atoms with Gasteiger partial charge in [-0.3, -0.25) is 0 Å². The van der Waals surface area contributed by atoms with Gasteiger partial charge in [0.25, 0.3) is 0 Å². The predicted molar refractivity (Wildman–Crippen MR) is 84.7 cm³/mol. The molecule has 0 spiro atoms. The second kappa shape index (κ2) is 6.59. The molecule has 0 aliphatic heterocycles. The van der Waals surface area contributed by atoms with Gasteiger partial charge in [0.05, 0.1) is 19.9 Å². The van der Waals surface area contributed by atoms with Gasteiger partial charge in [0, 0.05) is 23.2 Å². The first kappa shape index (κ1) is 15.3. The van der Waals surface area contributed by atoms with Gasteiger partial charge in [-0.2, -0.15) is 0 Å². The Bertz CT molecular complexity index is 644. The van der Waals surface area contributed by atoms with Gasteiger partial charge in [0.1, 0.15) is 5.75 Å². The fourth-order valence-electron chi connectivity index (χ4n) is 2.05. The summed E-state index contributed by atoms with van der Waals surface area (Å²) in [4.78, 5) is 0. The molecule has 0 fully saturated rings. The van der Waals surface area contributed by atoms with Crippen molar-refractivity contribution < 1.29 is 14.6 Å². The normalized spacial score (nSPS) is 10.3. The summed E-state index contributed by atoms with van der Waals surface area (Å²) in [6.45, 7) is 2.40. The topological polar surface area (TPSA) is 50.7 Å². The summed E-state index contributed by atoms with van der Waals surface area (Å²) in [6.07, 6.45) is 0. The van der Waals surface area contributed by atoms with Crippen LogP contribution in [0.2, 0.25) is 5.02 Å². The minimum absolute atomic E-state index is 0.0838. The zero-order valence-corrected chi connectivity index (χ0v) is 13.0. The predicted octanol–water partition coefficient (Wildman–Crippen LogP) is 3.98. The van der Waals surface area contributed by atoms with Crippen LogP contribution in [-0.4, -0.2) is 19.3 Å². The largest absolute Gasteiger partial charge is 0.504 e. The molecule has 112 valence electrons. The molecule has 0 aliphatic rings. The Morgan fingerprint density at radius 2 is 1.81 bits per heavy atom. The Morgan fingerprint density at radius 1 is 1.10 bits per heavy atom. The summed E-state index contributed by atoms with van der Waals surface area (Å²) in [6, 6.07) is 9.15. The van der Waals surface area contributed by atoms with Crippen LogP contribution in [0.15, 0.2) is 30.3 Å². The minimum Gasteiger partial charge on any atom is -0.504 e. The molecule has 0 unspecified atom stereocenters. The van der Waals surface area contributed by atoms with Crippen LogP contribution in [0.4, 0.5) is 5.69 Å². The number of phenols is 1. The fraction of sp³-hybridized carbons (Fsp3) is 0.250. The van der Waals surface area contributed by atoms with Crippen molar-refractivity contribution in [3.63, 3.8) is 0 Å². The number of phenolic OH excluding ortho intramolecular Hbond substituents is 1. The Balaban J connectivity index is 2.22. The lowest BCUT2D eigenvalue weighted by molar-refractivity contribution is 0.371. The number of aromatic hydroxyl groups is 1. The maximum absolute atomic E-state index is 10.1. The van der Waals surface area contributed by atoms with E-state index >= 15 is 0 Å². The Morgan fingerprint density at radius 3 is 2.48 bits per heavy atom. The van der Waals surface area contributed by atoms with Crippen LogP contribution in [0.1, 0.15) is 11.1 Å². The molecular weight excluding hydrogens is 290 g/mol. The SMILES string of the molecule is COc1cc(C)ccc1NCc1cc(Cl)cc(OC)c1O. The van der Waals surface area contributed by atoms with Gasteiger partial charge < -0.3 is 19.9 Å². The Kier molecular flexibility index (Phi) is 4.81. The van der Waals surface area contributed by atoms with Crippen LogP contribution in [0, 0.1) is 6.92 Å². The molecule has 0 amide bonds. The zero-order valence-electron chi connectivity index (χ0n) is 12.2. The number of halogens is 1. The Hall–Kier alpha value is -2.07. The molecule has 2 aromatic rings. The van der Waals surface area contributed by atoms with E-state index in [9.17, 15) is 5.11 Å².